The SMILES string of the molecule is C=Cc1cccnc1/N=C\C.CC. The van der Waals surface area contributed by atoms with Gasteiger partial charge in [-0.1, -0.05) is 26.5 Å². The molecule has 70 valence electrons. The van der Waals surface area contributed by atoms with E-state index in [2.05, 4.69) is 16.6 Å². The topological polar surface area (TPSA) is 25.2 Å². The summed E-state index contributed by atoms with van der Waals surface area (Å²) in [4.78, 5) is 8.14. The molecule has 1 heterocycles. The number of hydrogen-bond acceptors (Lipinski definition) is 2. The van der Waals surface area contributed by atoms with Crippen LogP contribution in [0.2, 0.25) is 0 Å². The highest BCUT2D eigenvalue weighted by atomic mass is 14.9. The summed E-state index contributed by atoms with van der Waals surface area (Å²) in [5.41, 5.74) is 0.964. The summed E-state index contributed by atoms with van der Waals surface area (Å²) in [6.07, 6.45) is 5.18. The molecule has 0 bridgehead atoms. The van der Waals surface area contributed by atoms with Crippen molar-refractivity contribution < 1.29 is 0 Å². The van der Waals surface area contributed by atoms with Gasteiger partial charge in [-0.05, 0) is 19.1 Å². The van der Waals surface area contributed by atoms with Gasteiger partial charge >= 0.3 is 0 Å². The Morgan fingerprint density at radius 3 is 2.69 bits per heavy atom. The van der Waals surface area contributed by atoms with Crippen LogP contribution in [0.15, 0.2) is 29.9 Å². The molecule has 0 aromatic carbocycles. The van der Waals surface area contributed by atoms with Gasteiger partial charge in [-0.15, -0.1) is 0 Å². The van der Waals surface area contributed by atoms with Crippen molar-refractivity contribution in [3.63, 3.8) is 0 Å². The number of pyridine rings is 1. The molecule has 0 fully saturated rings. The quantitative estimate of drug-likeness (QED) is 0.633. The zero-order valence-corrected chi connectivity index (χ0v) is 8.49. The molecule has 2 nitrogen and oxygen atoms in total. The van der Waals surface area contributed by atoms with Crippen LogP contribution in [-0.4, -0.2) is 11.2 Å². The molecule has 2 heteroatoms. The molecule has 0 spiro atoms. The highest BCUT2D eigenvalue weighted by molar-refractivity contribution is 5.65. The lowest BCUT2D eigenvalue weighted by atomic mass is 10.2. The molecule has 1 aromatic heterocycles. The molecule has 0 aliphatic heterocycles. The second kappa shape index (κ2) is 7.22. The summed E-state index contributed by atoms with van der Waals surface area (Å²) < 4.78 is 0. The van der Waals surface area contributed by atoms with E-state index in [4.69, 9.17) is 0 Å². The second-order valence-electron chi connectivity index (χ2n) is 2.01. The van der Waals surface area contributed by atoms with Crippen LogP contribution in [-0.2, 0) is 0 Å². The van der Waals surface area contributed by atoms with Crippen LogP contribution >= 0.6 is 0 Å². The summed E-state index contributed by atoms with van der Waals surface area (Å²) in [5.74, 6) is 0.727. The van der Waals surface area contributed by atoms with Gasteiger partial charge in [0.15, 0.2) is 5.82 Å². The Bertz CT molecular complexity index is 277. The molecule has 13 heavy (non-hydrogen) atoms. The van der Waals surface area contributed by atoms with Gasteiger partial charge in [0, 0.05) is 18.0 Å². The molecular weight excluding hydrogens is 160 g/mol. The smallest absolute Gasteiger partial charge is 0.158 e. The summed E-state index contributed by atoms with van der Waals surface area (Å²) in [6, 6.07) is 3.80. The Hall–Kier alpha value is -1.44. The van der Waals surface area contributed by atoms with Crippen molar-refractivity contribution in [3.05, 3.63) is 30.5 Å². The summed E-state index contributed by atoms with van der Waals surface area (Å²) in [5, 5.41) is 0. The van der Waals surface area contributed by atoms with Gasteiger partial charge in [0.25, 0.3) is 0 Å². The molecule has 0 atom stereocenters. The maximum atomic E-state index is 4.07. The molecule has 1 rings (SSSR count). The van der Waals surface area contributed by atoms with Crippen molar-refractivity contribution in [3.8, 4) is 0 Å². The molecule has 0 saturated heterocycles. The maximum absolute atomic E-state index is 4.07. The second-order valence-corrected chi connectivity index (χ2v) is 2.01. The fraction of sp³-hybridized carbons (Fsp3) is 0.273. The first kappa shape index (κ1) is 11.6. The average Bonchev–Trinajstić information content (AvgIpc) is 2.22. The van der Waals surface area contributed by atoms with E-state index in [1.807, 2.05) is 32.9 Å². The van der Waals surface area contributed by atoms with Crippen molar-refractivity contribution in [2.24, 2.45) is 4.99 Å². The zero-order valence-electron chi connectivity index (χ0n) is 8.49. The number of rotatable bonds is 2. The van der Waals surface area contributed by atoms with Crippen LogP contribution < -0.4 is 0 Å². The van der Waals surface area contributed by atoms with Crippen molar-refractivity contribution in [2.45, 2.75) is 20.8 Å². The van der Waals surface area contributed by atoms with E-state index >= 15 is 0 Å². The summed E-state index contributed by atoms with van der Waals surface area (Å²) >= 11 is 0. The Morgan fingerprint density at radius 2 is 2.15 bits per heavy atom. The molecule has 0 aliphatic rings. The Morgan fingerprint density at radius 1 is 1.46 bits per heavy atom. The van der Waals surface area contributed by atoms with Crippen LogP contribution in [0.5, 0.6) is 0 Å². The van der Waals surface area contributed by atoms with Crippen LogP contribution in [0.25, 0.3) is 6.08 Å². The van der Waals surface area contributed by atoms with E-state index in [0.29, 0.717) is 0 Å². The molecular formula is C11H16N2. The normalized spacial score (nSPS) is 9.15. The minimum absolute atomic E-state index is 0.727. The van der Waals surface area contributed by atoms with Gasteiger partial charge in [0.2, 0.25) is 0 Å². The number of aromatic nitrogens is 1. The average molecular weight is 176 g/mol. The third-order valence-electron chi connectivity index (χ3n) is 1.29. The Balaban J connectivity index is 0.000000671. The fourth-order valence-electron chi connectivity index (χ4n) is 0.799. The first-order chi connectivity index (χ1) is 6.38. The van der Waals surface area contributed by atoms with Crippen LogP contribution in [0, 0.1) is 0 Å². The van der Waals surface area contributed by atoms with Crippen LogP contribution in [0.1, 0.15) is 26.3 Å². The minimum Gasteiger partial charge on any atom is -0.241 e. The zero-order chi connectivity index (χ0) is 10.1. The largest absolute Gasteiger partial charge is 0.241 e. The predicted octanol–water partition coefficient (Wildman–Crippen LogP) is 3.47. The summed E-state index contributed by atoms with van der Waals surface area (Å²) in [7, 11) is 0. The number of nitrogens with zero attached hydrogens (tertiary/aromatic N) is 2. The van der Waals surface area contributed by atoms with E-state index in [9.17, 15) is 0 Å². The van der Waals surface area contributed by atoms with E-state index in [-0.39, 0.29) is 0 Å². The van der Waals surface area contributed by atoms with Crippen molar-refractivity contribution in [1.29, 1.82) is 0 Å². The van der Waals surface area contributed by atoms with E-state index in [1.54, 1.807) is 18.5 Å². The van der Waals surface area contributed by atoms with Crippen LogP contribution in [0.3, 0.4) is 0 Å². The lowest BCUT2D eigenvalue weighted by Gasteiger charge is -1.95. The monoisotopic (exact) mass is 176 g/mol. The van der Waals surface area contributed by atoms with E-state index < -0.39 is 0 Å². The predicted molar refractivity (Wildman–Crippen MR) is 59.5 cm³/mol. The van der Waals surface area contributed by atoms with Gasteiger partial charge in [-0.3, -0.25) is 0 Å². The molecule has 0 saturated carbocycles. The van der Waals surface area contributed by atoms with Crippen molar-refractivity contribution in [1.82, 2.24) is 4.98 Å². The van der Waals surface area contributed by atoms with E-state index in [1.165, 1.54) is 0 Å². The lowest BCUT2D eigenvalue weighted by Crippen LogP contribution is -1.77. The number of aliphatic imine (C=N–C) groups is 1. The molecule has 0 N–H and O–H groups in total. The summed E-state index contributed by atoms with van der Waals surface area (Å²) in [6.45, 7) is 9.52. The van der Waals surface area contributed by atoms with Gasteiger partial charge in [0.05, 0.1) is 0 Å². The standard InChI is InChI=1S/C9H10N2.C2H6/c1-3-8-6-5-7-11-9(8)10-4-2;1-2/h3-7H,1H2,2H3;1-2H3/b10-4-;. The third-order valence-corrected chi connectivity index (χ3v) is 1.29. The third kappa shape index (κ3) is 3.65. The fourth-order valence-corrected chi connectivity index (χ4v) is 0.799. The van der Waals surface area contributed by atoms with Crippen LogP contribution in [0.4, 0.5) is 5.82 Å². The Labute approximate surface area is 80.1 Å². The van der Waals surface area contributed by atoms with E-state index in [0.717, 1.165) is 11.4 Å². The molecule has 0 aliphatic carbocycles. The number of hydrogen-bond donors (Lipinski definition) is 0. The van der Waals surface area contributed by atoms with Gasteiger partial charge < -0.3 is 0 Å². The van der Waals surface area contributed by atoms with Gasteiger partial charge in [-0.25, -0.2) is 9.98 Å². The maximum Gasteiger partial charge on any atom is 0.158 e. The van der Waals surface area contributed by atoms with Gasteiger partial charge in [-0.2, -0.15) is 0 Å². The molecule has 1 aromatic rings. The molecule has 0 unspecified atom stereocenters. The Kier molecular flexibility index (Phi) is 6.42. The first-order valence-electron chi connectivity index (χ1n) is 4.44. The first-order valence-corrected chi connectivity index (χ1v) is 4.44. The lowest BCUT2D eigenvalue weighted by molar-refractivity contribution is 1.27. The van der Waals surface area contributed by atoms with Crippen molar-refractivity contribution >= 4 is 18.1 Å². The van der Waals surface area contributed by atoms with Gasteiger partial charge in [0.1, 0.15) is 0 Å². The molecule has 0 amide bonds. The minimum atomic E-state index is 0.727. The highest BCUT2D eigenvalue weighted by Gasteiger charge is 1.93. The van der Waals surface area contributed by atoms with Crippen molar-refractivity contribution in [2.75, 3.05) is 0 Å². The molecule has 0 radical (unpaired) electrons. The highest BCUT2D eigenvalue weighted by Crippen LogP contribution is 2.14.